The van der Waals surface area contributed by atoms with Crippen molar-refractivity contribution in [2.75, 3.05) is 19.6 Å². The number of alkyl halides is 3. The van der Waals surface area contributed by atoms with Crippen LogP contribution in [0.2, 0.25) is 0 Å². The number of piperidine rings is 1. The van der Waals surface area contributed by atoms with Gasteiger partial charge < -0.3 is 16.0 Å². The molecule has 4 rings (SSSR count). The average Bonchev–Trinajstić information content (AvgIpc) is 3.34. The molecule has 3 aliphatic heterocycles. The summed E-state index contributed by atoms with van der Waals surface area (Å²) in [6.07, 6.45) is 2.59. The summed E-state index contributed by atoms with van der Waals surface area (Å²) in [5.74, 6) is -0.814. The lowest BCUT2D eigenvalue weighted by atomic mass is 9.76. The molecule has 0 radical (unpaired) electrons. The molecule has 7 N–H and O–H groups in total. The summed E-state index contributed by atoms with van der Waals surface area (Å²) in [6.45, 7) is 1.24. The Morgan fingerprint density at radius 2 is 1.92 bits per heavy atom. The Hall–Kier alpha value is -1.51. The lowest BCUT2D eigenvalue weighted by Crippen LogP contribution is -2.64. The number of carbonyl (C=O) groups excluding carboxylic acids is 2. The van der Waals surface area contributed by atoms with Crippen LogP contribution in [0.5, 0.6) is 0 Å². The van der Waals surface area contributed by atoms with E-state index in [2.05, 4.69) is 37.6 Å². The summed E-state index contributed by atoms with van der Waals surface area (Å²) < 4.78 is 38.5. The predicted octanol–water partition coefficient (Wildman–Crippen LogP) is 0.727. The number of hydroxylamine groups is 1. The average molecular weight is 520 g/mol. The quantitative estimate of drug-likeness (QED) is 0.211. The van der Waals surface area contributed by atoms with Crippen molar-refractivity contribution in [1.29, 1.82) is 0 Å². The molecule has 3 heterocycles. The first-order valence-corrected chi connectivity index (χ1v) is 13.3. The maximum Gasteiger partial charge on any atom is 0.393 e. The van der Waals surface area contributed by atoms with Crippen molar-refractivity contribution in [2.24, 2.45) is 17.8 Å². The fourth-order valence-corrected chi connectivity index (χ4v) is 5.75. The molecule has 206 valence electrons. The lowest BCUT2D eigenvalue weighted by Gasteiger charge is -2.41. The highest BCUT2D eigenvalue weighted by Crippen LogP contribution is 2.34. The van der Waals surface area contributed by atoms with E-state index in [1.807, 2.05) is 0 Å². The molecule has 0 aromatic carbocycles. The number of hydrazine groups is 1. The van der Waals surface area contributed by atoms with E-state index in [0.29, 0.717) is 38.1 Å². The maximum atomic E-state index is 12.8. The van der Waals surface area contributed by atoms with E-state index in [1.165, 1.54) is 0 Å². The standard InChI is InChI=1S/C23H40F3N7O3/c24-23(25,26)14-9-10-17(29-13-14)21-30-19(36-33-21)8-3-7-18(34)27-11-4-12-28-20-15-5-1-2-6-16(15)22(35)32-31-20/h14-17,19-21,28-31,33H,1-13H2,(H,27,34)(H,32,35). The zero-order valence-electron chi connectivity index (χ0n) is 20.6. The largest absolute Gasteiger partial charge is 0.393 e. The molecule has 13 heteroatoms. The van der Waals surface area contributed by atoms with Gasteiger partial charge in [0.25, 0.3) is 0 Å². The van der Waals surface area contributed by atoms with Gasteiger partial charge in [-0.25, -0.2) is 5.43 Å². The predicted molar refractivity (Wildman–Crippen MR) is 125 cm³/mol. The van der Waals surface area contributed by atoms with Crippen molar-refractivity contribution in [3.8, 4) is 0 Å². The Balaban J connectivity index is 1.02. The molecule has 7 unspecified atom stereocenters. The van der Waals surface area contributed by atoms with Crippen LogP contribution in [0.1, 0.15) is 64.2 Å². The Morgan fingerprint density at radius 3 is 2.69 bits per heavy atom. The monoisotopic (exact) mass is 519 g/mol. The van der Waals surface area contributed by atoms with E-state index in [-0.39, 0.29) is 55.3 Å². The second kappa shape index (κ2) is 12.8. The second-order valence-corrected chi connectivity index (χ2v) is 10.4. The van der Waals surface area contributed by atoms with Gasteiger partial charge >= 0.3 is 6.18 Å². The van der Waals surface area contributed by atoms with Gasteiger partial charge in [0.2, 0.25) is 11.8 Å². The van der Waals surface area contributed by atoms with Crippen molar-refractivity contribution in [2.45, 2.75) is 95.0 Å². The molecule has 0 aromatic rings. The summed E-state index contributed by atoms with van der Waals surface area (Å²) in [7, 11) is 0. The lowest BCUT2D eigenvalue weighted by molar-refractivity contribution is -0.180. The SMILES string of the molecule is O=C(CCCC1NC(C2CCC(C(F)(F)F)CN2)NO1)NCCCNC1NNC(=O)C2CCCCC12. The van der Waals surface area contributed by atoms with E-state index in [1.54, 1.807) is 0 Å². The van der Waals surface area contributed by atoms with Crippen LogP contribution < -0.4 is 37.6 Å². The summed E-state index contributed by atoms with van der Waals surface area (Å²) in [5, 5.41) is 12.6. The number of rotatable bonds is 10. The van der Waals surface area contributed by atoms with Crippen molar-refractivity contribution in [3.05, 3.63) is 0 Å². The van der Waals surface area contributed by atoms with Gasteiger partial charge in [0.15, 0.2) is 0 Å². The third kappa shape index (κ3) is 7.51. The van der Waals surface area contributed by atoms with Crippen molar-refractivity contribution >= 4 is 11.8 Å². The van der Waals surface area contributed by atoms with Crippen LogP contribution in [0, 0.1) is 17.8 Å². The van der Waals surface area contributed by atoms with E-state index in [0.717, 1.165) is 38.6 Å². The van der Waals surface area contributed by atoms with E-state index < -0.39 is 12.1 Å². The minimum Gasteiger partial charge on any atom is -0.356 e. The van der Waals surface area contributed by atoms with Gasteiger partial charge in [-0.2, -0.15) is 18.7 Å². The summed E-state index contributed by atoms with van der Waals surface area (Å²) in [5.41, 5.74) is 8.74. The van der Waals surface area contributed by atoms with Crippen molar-refractivity contribution < 1.29 is 27.6 Å². The molecule has 0 aromatic heterocycles. The molecule has 10 nitrogen and oxygen atoms in total. The third-order valence-electron chi connectivity index (χ3n) is 7.87. The molecule has 0 bridgehead atoms. The molecule has 4 fully saturated rings. The number of halogens is 3. The fraction of sp³-hybridized carbons (Fsp3) is 0.913. The van der Waals surface area contributed by atoms with Gasteiger partial charge in [0.1, 0.15) is 6.23 Å². The first kappa shape index (κ1) is 27.5. The van der Waals surface area contributed by atoms with Crippen LogP contribution >= 0.6 is 0 Å². The van der Waals surface area contributed by atoms with Gasteiger partial charge in [-0.05, 0) is 51.5 Å². The zero-order valence-corrected chi connectivity index (χ0v) is 20.6. The third-order valence-corrected chi connectivity index (χ3v) is 7.87. The number of fused-ring (bicyclic) bond motifs is 1. The van der Waals surface area contributed by atoms with Gasteiger partial charge in [0, 0.05) is 37.4 Å². The first-order valence-electron chi connectivity index (χ1n) is 13.3. The van der Waals surface area contributed by atoms with Crippen LogP contribution in [0.4, 0.5) is 13.2 Å². The van der Waals surface area contributed by atoms with Crippen LogP contribution in [0.15, 0.2) is 0 Å². The van der Waals surface area contributed by atoms with Crippen LogP contribution in [-0.4, -0.2) is 62.2 Å². The van der Waals surface area contributed by atoms with Gasteiger partial charge in [-0.1, -0.05) is 12.8 Å². The molecule has 1 saturated carbocycles. The smallest absolute Gasteiger partial charge is 0.356 e. The highest BCUT2D eigenvalue weighted by atomic mass is 19.4. The van der Waals surface area contributed by atoms with Crippen molar-refractivity contribution in [3.63, 3.8) is 0 Å². The van der Waals surface area contributed by atoms with Crippen LogP contribution in [0.3, 0.4) is 0 Å². The summed E-state index contributed by atoms with van der Waals surface area (Å²) in [4.78, 5) is 29.7. The topological polar surface area (TPSA) is 128 Å². The maximum absolute atomic E-state index is 12.8. The summed E-state index contributed by atoms with van der Waals surface area (Å²) >= 11 is 0. The summed E-state index contributed by atoms with van der Waals surface area (Å²) in [6, 6.07) is -0.130. The Bertz CT molecular complexity index is 736. The molecule has 3 saturated heterocycles. The molecule has 4 aliphatic rings. The molecule has 0 spiro atoms. The van der Waals surface area contributed by atoms with Crippen molar-refractivity contribution in [1.82, 2.24) is 37.6 Å². The van der Waals surface area contributed by atoms with E-state index in [9.17, 15) is 22.8 Å². The number of hydrogen-bond donors (Lipinski definition) is 7. The normalized spacial score (nSPS) is 35.2. The Morgan fingerprint density at radius 1 is 1.08 bits per heavy atom. The molecule has 7 atom stereocenters. The fourth-order valence-electron chi connectivity index (χ4n) is 5.75. The highest BCUT2D eigenvalue weighted by Gasteiger charge is 2.43. The molecule has 1 aliphatic carbocycles. The number of carbonyl (C=O) groups is 2. The van der Waals surface area contributed by atoms with E-state index in [4.69, 9.17) is 4.84 Å². The Kier molecular flexibility index (Phi) is 9.81. The van der Waals surface area contributed by atoms with E-state index >= 15 is 0 Å². The van der Waals surface area contributed by atoms with Crippen LogP contribution in [0.25, 0.3) is 0 Å². The van der Waals surface area contributed by atoms with Crippen LogP contribution in [-0.2, 0) is 14.4 Å². The number of nitrogens with one attached hydrogen (secondary N) is 7. The molecule has 2 amide bonds. The zero-order chi connectivity index (χ0) is 25.5. The first-order chi connectivity index (χ1) is 17.3. The highest BCUT2D eigenvalue weighted by molar-refractivity contribution is 5.79. The minimum absolute atomic E-state index is 0.0138. The number of hydrogen-bond acceptors (Lipinski definition) is 8. The molecular weight excluding hydrogens is 479 g/mol. The van der Waals surface area contributed by atoms with Gasteiger partial charge in [0.05, 0.1) is 18.2 Å². The minimum atomic E-state index is -4.16. The molecular formula is C23H40F3N7O3. The molecule has 36 heavy (non-hydrogen) atoms. The number of amides is 2. The van der Waals surface area contributed by atoms with Gasteiger partial charge in [-0.3, -0.25) is 25.2 Å². The second-order valence-electron chi connectivity index (χ2n) is 10.4. The van der Waals surface area contributed by atoms with Gasteiger partial charge in [-0.15, -0.1) is 0 Å². The Labute approximate surface area is 209 Å².